The van der Waals surface area contributed by atoms with Gasteiger partial charge in [-0.25, -0.2) is 5.43 Å². The number of carbonyl (C=O) groups is 3. The number of nitroso groups, excluding NO2 is 1. The molecule has 0 aliphatic carbocycles. The Morgan fingerprint density at radius 3 is 2.27 bits per heavy atom. The molecule has 0 radical (unpaired) electrons. The number of nitrogens with one attached hydrogen (secondary N) is 1. The Morgan fingerprint density at radius 2 is 1.81 bits per heavy atom. The topological polar surface area (TPSA) is 148 Å². The molecule has 1 rings (SSSR count). The van der Waals surface area contributed by atoms with E-state index >= 15 is 0 Å². The lowest BCUT2D eigenvalue weighted by atomic mass is 10.0. The summed E-state index contributed by atoms with van der Waals surface area (Å²) >= 11 is 0. The molecule has 1 aromatic rings. The number of nitrogens with two attached hydrogens (primary N) is 2. The van der Waals surface area contributed by atoms with E-state index in [2.05, 4.69) is 5.29 Å². The third-order valence-corrected chi connectivity index (χ3v) is 3.55. The molecule has 3 amide bonds. The molecule has 1 unspecified atom stereocenters. The number of benzene rings is 1. The molecule has 0 spiro atoms. The van der Waals surface area contributed by atoms with Gasteiger partial charge in [0.1, 0.15) is 0 Å². The molecule has 0 aliphatic heterocycles. The minimum atomic E-state index is -1.66. The fourth-order valence-electron chi connectivity index (χ4n) is 2.33. The summed E-state index contributed by atoms with van der Waals surface area (Å²) in [6.45, 7) is 1.99. The monoisotopic (exact) mass is 359 g/mol. The maximum atomic E-state index is 12.5. The van der Waals surface area contributed by atoms with Crippen LogP contribution in [0.3, 0.4) is 0 Å². The van der Waals surface area contributed by atoms with Crippen LogP contribution in [-0.2, 0) is 9.59 Å². The highest BCUT2D eigenvalue weighted by atomic mass is 16.3. The first kappa shape index (κ1) is 20.6. The van der Waals surface area contributed by atoms with E-state index in [0.717, 1.165) is 22.5 Å². The first-order valence-electron chi connectivity index (χ1n) is 7.74. The minimum absolute atomic E-state index is 0.238. The summed E-state index contributed by atoms with van der Waals surface area (Å²) < 4.78 is 0. The van der Waals surface area contributed by atoms with Crippen molar-refractivity contribution in [3.8, 4) is 0 Å². The number of hydrogen-bond acceptors (Lipinski definition) is 6. The quantitative estimate of drug-likeness (QED) is 0.270. The van der Waals surface area contributed by atoms with Gasteiger partial charge in [-0.05, 0) is 42.0 Å². The molecule has 26 heavy (non-hydrogen) atoms. The minimum Gasteiger partial charge on any atom is -0.405 e. The Bertz CT molecular complexity index is 740. The molecule has 9 heteroatoms. The molecular formula is C17H21N5O4. The number of hydrogen-bond donors (Lipinski definition) is 3. The fourth-order valence-corrected chi connectivity index (χ4v) is 2.33. The molecule has 0 heterocycles. The molecule has 0 aliphatic rings. The van der Waals surface area contributed by atoms with Crippen LogP contribution in [0.15, 0.2) is 47.9 Å². The van der Waals surface area contributed by atoms with E-state index in [0.29, 0.717) is 0 Å². The smallest absolute Gasteiger partial charge is 0.275 e. The van der Waals surface area contributed by atoms with Crippen LogP contribution in [0.1, 0.15) is 29.3 Å². The van der Waals surface area contributed by atoms with E-state index in [4.69, 9.17) is 11.5 Å². The van der Waals surface area contributed by atoms with Gasteiger partial charge in [0.2, 0.25) is 5.91 Å². The summed E-state index contributed by atoms with van der Waals surface area (Å²) in [7, 11) is 1.23. The van der Waals surface area contributed by atoms with Crippen molar-refractivity contribution in [2.45, 2.75) is 19.4 Å². The number of allylic oxidation sites excluding steroid dienone is 3. The van der Waals surface area contributed by atoms with Crippen LogP contribution in [0.25, 0.3) is 5.57 Å². The predicted molar refractivity (Wildman–Crippen MR) is 97.1 cm³/mol. The summed E-state index contributed by atoms with van der Waals surface area (Å²) in [5.41, 5.74) is 14.1. The van der Waals surface area contributed by atoms with Gasteiger partial charge in [0, 0.05) is 12.6 Å². The van der Waals surface area contributed by atoms with Crippen molar-refractivity contribution in [3.05, 3.63) is 58.7 Å². The number of rotatable bonds is 8. The van der Waals surface area contributed by atoms with Gasteiger partial charge in [-0.15, -0.1) is 4.91 Å². The maximum absolute atomic E-state index is 12.5. The average molecular weight is 359 g/mol. The summed E-state index contributed by atoms with van der Waals surface area (Å²) in [5.74, 6) is -2.78. The van der Waals surface area contributed by atoms with E-state index in [9.17, 15) is 19.3 Å². The predicted octanol–water partition coefficient (Wildman–Crippen LogP) is 0.676. The Morgan fingerprint density at radius 1 is 1.23 bits per heavy atom. The number of carbonyl (C=O) groups excluding carboxylic acids is 3. The zero-order chi connectivity index (χ0) is 19.7. The molecule has 0 bridgehead atoms. The second-order valence-corrected chi connectivity index (χ2v) is 5.29. The van der Waals surface area contributed by atoms with Gasteiger partial charge < -0.3 is 16.4 Å². The molecule has 0 aromatic heterocycles. The van der Waals surface area contributed by atoms with Gasteiger partial charge in [0.05, 0.1) is 5.29 Å². The van der Waals surface area contributed by atoms with Crippen LogP contribution in [0.4, 0.5) is 0 Å². The van der Waals surface area contributed by atoms with Crippen molar-refractivity contribution >= 4 is 23.3 Å². The van der Waals surface area contributed by atoms with Crippen molar-refractivity contribution in [3.63, 3.8) is 0 Å². The number of amides is 3. The van der Waals surface area contributed by atoms with Gasteiger partial charge in [-0.2, -0.15) is 0 Å². The molecule has 0 saturated carbocycles. The van der Waals surface area contributed by atoms with Crippen molar-refractivity contribution in [1.29, 1.82) is 0 Å². The molecule has 0 fully saturated rings. The molecule has 9 nitrogen and oxygen atoms in total. The summed E-state index contributed by atoms with van der Waals surface area (Å²) in [5, 5.41) is 2.20. The van der Waals surface area contributed by atoms with Crippen LogP contribution in [0, 0.1) is 4.91 Å². The van der Waals surface area contributed by atoms with E-state index in [-0.39, 0.29) is 5.56 Å². The lowest BCUT2D eigenvalue weighted by molar-refractivity contribution is -0.133. The zero-order valence-electron chi connectivity index (χ0n) is 14.5. The van der Waals surface area contributed by atoms with Gasteiger partial charge in [0.15, 0.2) is 6.04 Å². The largest absolute Gasteiger partial charge is 0.405 e. The Kier molecular flexibility index (Phi) is 7.68. The Hall–Kier alpha value is -3.49. The highest BCUT2D eigenvalue weighted by Gasteiger charge is 2.32. The van der Waals surface area contributed by atoms with E-state index < -0.39 is 23.8 Å². The Labute approximate surface area is 150 Å². The third kappa shape index (κ3) is 5.00. The molecule has 1 atom stereocenters. The molecule has 5 N–H and O–H groups in total. The highest BCUT2D eigenvalue weighted by Crippen LogP contribution is 2.18. The van der Waals surface area contributed by atoms with Gasteiger partial charge in [-0.1, -0.05) is 25.1 Å². The highest BCUT2D eigenvalue weighted by molar-refractivity contribution is 6.08. The van der Waals surface area contributed by atoms with Gasteiger partial charge in [0.25, 0.3) is 11.8 Å². The average Bonchev–Trinajstić information content (AvgIpc) is 2.61. The lowest BCUT2D eigenvalue weighted by Gasteiger charge is -2.23. The second-order valence-electron chi connectivity index (χ2n) is 5.29. The first-order chi connectivity index (χ1) is 12.4. The van der Waals surface area contributed by atoms with Crippen molar-refractivity contribution in [1.82, 2.24) is 10.3 Å². The fraction of sp³-hybridized carbons (Fsp3) is 0.235. The lowest BCUT2D eigenvalue weighted by Crippen LogP contribution is -2.53. The van der Waals surface area contributed by atoms with E-state index in [1.807, 2.05) is 13.0 Å². The van der Waals surface area contributed by atoms with Crippen LogP contribution in [0.2, 0.25) is 0 Å². The summed E-state index contributed by atoms with van der Waals surface area (Å²) in [6, 6.07) is 4.88. The number of nitrogens with zero attached hydrogens (tertiary/aromatic N) is 2. The maximum Gasteiger partial charge on any atom is 0.275 e. The van der Waals surface area contributed by atoms with Gasteiger partial charge in [-0.3, -0.25) is 14.4 Å². The standard InChI is InChI=1S/C17H21N5O4/c1-3-4-11(9-10-18)12-5-7-13(8-6-12)17(25)22(2)14(15(19)23)16(24)20-21-26/h4-10,14H,3,18H2,1-2H3,(H2,19,23)(H,20,24,26)/b10-9-,11-4+. The Balaban J connectivity index is 3.09. The number of likely N-dealkylation sites (N-methyl/N-ethyl adjacent to an activating group) is 1. The molecule has 1 aromatic carbocycles. The zero-order valence-corrected chi connectivity index (χ0v) is 14.5. The van der Waals surface area contributed by atoms with Crippen LogP contribution in [0.5, 0.6) is 0 Å². The van der Waals surface area contributed by atoms with Gasteiger partial charge >= 0.3 is 0 Å². The van der Waals surface area contributed by atoms with Crippen LogP contribution < -0.4 is 16.9 Å². The van der Waals surface area contributed by atoms with Crippen molar-refractivity contribution in [2.75, 3.05) is 7.05 Å². The number of primary amides is 1. The second kappa shape index (κ2) is 9.72. The van der Waals surface area contributed by atoms with Crippen LogP contribution >= 0.6 is 0 Å². The van der Waals surface area contributed by atoms with E-state index in [1.54, 1.807) is 35.8 Å². The molecule has 0 saturated heterocycles. The van der Waals surface area contributed by atoms with Crippen molar-refractivity contribution in [2.24, 2.45) is 16.8 Å². The molecular weight excluding hydrogens is 338 g/mol. The summed E-state index contributed by atoms with van der Waals surface area (Å²) in [6.07, 6.45) is 5.95. The third-order valence-electron chi connectivity index (χ3n) is 3.55. The summed E-state index contributed by atoms with van der Waals surface area (Å²) in [4.78, 5) is 46.7. The van der Waals surface area contributed by atoms with Crippen molar-refractivity contribution < 1.29 is 14.4 Å². The normalized spacial score (nSPS) is 12.5. The van der Waals surface area contributed by atoms with E-state index in [1.165, 1.54) is 13.2 Å². The SMILES string of the molecule is CC/C=C(\C=C/N)c1ccc(C(=O)N(C)C(C(N)=O)C(=O)NN=O)cc1. The first-order valence-corrected chi connectivity index (χ1v) is 7.74. The molecule has 138 valence electrons. The van der Waals surface area contributed by atoms with Crippen LogP contribution in [-0.4, -0.2) is 35.7 Å².